The van der Waals surface area contributed by atoms with Gasteiger partial charge in [-0.3, -0.25) is 0 Å². The smallest absolute Gasteiger partial charge is 0.548 e. The van der Waals surface area contributed by atoms with Crippen LogP contribution in [-0.2, 0) is 9.59 Å². The molecule has 21 heavy (non-hydrogen) atoms. The van der Waals surface area contributed by atoms with Gasteiger partial charge in [-0.05, 0) is 11.5 Å². The van der Waals surface area contributed by atoms with E-state index >= 15 is 0 Å². The van der Waals surface area contributed by atoms with E-state index in [2.05, 4.69) is 0 Å². The molecule has 0 aliphatic carbocycles. The molecule has 0 fully saturated rings. The molecule has 0 unspecified atom stereocenters. The van der Waals surface area contributed by atoms with Crippen molar-refractivity contribution in [2.75, 3.05) is 18.0 Å². The summed E-state index contributed by atoms with van der Waals surface area (Å²) in [6.45, 7) is -0.996. The summed E-state index contributed by atoms with van der Waals surface area (Å²) >= 11 is 0. The quantitative estimate of drug-likeness (QED) is 0.513. The Morgan fingerprint density at radius 1 is 0.857 bits per heavy atom. The van der Waals surface area contributed by atoms with E-state index in [1.807, 2.05) is 30.3 Å². The standard InChI is InChI=1S/C14H13NO4.2Na/c16-13(17)8-15(9-14(18)19)12-7-3-5-10-4-1-2-6-11(10)12;;/h1-7H,8-9H2,(H,16,17)(H,18,19);;/q;2*+1/p-2. The number of benzene rings is 2. The first-order chi connectivity index (χ1) is 9.08. The molecule has 0 spiro atoms. The summed E-state index contributed by atoms with van der Waals surface area (Å²) in [5.74, 6) is -2.68. The van der Waals surface area contributed by atoms with E-state index in [1.54, 1.807) is 12.1 Å². The molecule has 0 amide bonds. The van der Waals surface area contributed by atoms with E-state index < -0.39 is 25.0 Å². The summed E-state index contributed by atoms with van der Waals surface area (Å²) in [6.07, 6.45) is 0. The Kier molecular flexibility index (Phi) is 9.20. The van der Waals surface area contributed by atoms with Gasteiger partial charge in [0, 0.05) is 11.1 Å². The first-order valence-corrected chi connectivity index (χ1v) is 5.70. The molecule has 0 bridgehead atoms. The van der Waals surface area contributed by atoms with Crippen molar-refractivity contribution in [2.24, 2.45) is 0 Å². The number of carboxylic acids is 2. The van der Waals surface area contributed by atoms with Crippen LogP contribution in [0, 0.1) is 0 Å². The third-order valence-corrected chi connectivity index (χ3v) is 2.75. The second-order valence-electron chi connectivity index (χ2n) is 4.10. The molecule has 0 radical (unpaired) electrons. The summed E-state index contributed by atoms with van der Waals surface area (Å²) in [4.78, 5) is 22.7. The Labute approximate surface area is 166 Å². The van der Waals surface area contributed by atoms with Crippen LogP contribution in [0.25, 0.3) is 10.8 Å². The van der Waals surface area contributed by atoms with Gasteiger partial charge in [0.1, 0.15) is 0 Å². The van der Waals surface area contributed by atoms with Gasteiger partial charge >= 0.3 is 59.1 Å². The number of aliphatic carboxylic acids is 2. The fourth-order valence-corrected chi connectivity index (χ4v) is 2.02. The number of carboxylic acid groups (broad SMARTS) is 2. The third-order valence-electron chi connectivity index (χ3n) is 2.75. The van der Waals surface area contributed by atoms with Crippen LogP contribution in [0.2, 0.25) is 0 Å². The Bertz CT molecular complexity index is 612. The molecule has 0 aromatic heterocycles. The predicted molar refractivity (Wildman–Crippen MR) is 66.2 cm³/mol. The first kappa shape index (κ1) is 20.4. The summed E-state index contributed by atoms with van der Waals surface area (Å²) in [5, 5.41) is 23.2. The molecule has 5 nitrogen and oxygen atoms in total. The van der Waals surface area contributed by atoms with E-state index in [1.165, 1.54) is 4.90 Å². The van der Waals surface area contributed by atoms with Crippen LogP contribution in [0.5, 0.6) is 0 Å². The Hall–Kier alpha value is -0.560. The minimum absolute atomic E-state index is 0. The first-order valence-electron chi connectivity index (χ1n) is 5.70. The molecular weight excluding hydrogens is 292 g/mol. The number of nitrogens with zero attached hydrogens (tertiary/aromatic N) is 1. The second kappa shape index (κ2) is 9.46. The molecule has 98 valence electrons. The fraction of sp³-hybridized carbons (Fsp3) is 0.143. The van der Waals surface area contributed by atoms with Crippen LogP contribution < -0.4 is 74.2 Å². The van der Waals surface area contributed by atoms with Gasteiger partial charge in [-0.2, -0.15) is 0 Å². The molecule has 0 saturated carbocycles. The molecule has 0 aliphatic heterocycles. The average molecular weight is 303 g/mol. The number of carbonyl (C=O) groups excluding carboxylic acids is 2. The Morgan fingerprint density at radius 3 is 1.95 bits per heavy atom. The van der Waals surface area contributed by atoms with Gasteiger partial charge < -0.3 is 24.7 Å². The van der Waals surface area contributed by atoms with Gasteiger partial charge in [-0.1, -0.05) is 36.4 Å². The maximum atomic E-state index is 10.7. The number of anilines is 1. The summed E-state index contributed by atoms with van der Waals surface area (Å²) in [7, 11) is 0. The van der Waals surface area contributed by atoms with Crippen LogP contribution in [0.1, 0.15) is 0 Å². The Balaban J connectivity index is 0.00000200. The number of carbonyl (C=O) groups is 2. The van der Waals surface area contributed by atoms with Gasteiger partial charge in [-0.15, -0.1) is 0 Å². The molecule has 7 heteroatoms. The minimum atomic E-state index is -1.34. The zero-order valence-electron chi connectivity index (χ0n) is 12.0. The van der Waals surface area contributed by atoms with Crippen LogP contribution in [0.15, 0.2) is 42.5 Å². The van der Waals surface area contributed by atoms with Crippen LogP contribution in [0.3, 0.4) is 0 Å². The minimum Gasteiger partial charge on any atom is -0.548 e. The summed E-state index contributed by atoms with van der Waals surface area (Å²) in [5.41, 5.74) is 0.534. The van der Waals surface area contributed by atoms with Gasteiger partial charge in [0.15, 0.2) is 0 Å². The van der Waals surface area contributed by atoms with Crippen molar-refractivity contribution in [1.29, 1.82) is 0 Å². The van der Waals surface area contributed by atoms with E-state index in [0.717, 1.165) is 10.8 Å². The van der Waals surface area contributed by atoms with E-state index in [-0.39, 0.29) is 59.1 Å². The molecule has 0 atom stereocenters. The number of hydrogen-bond acceptors (Lipinski definition) is 5. The third kappa shape index (κ3) is 5.62. The molecule has 0 heterocycles. The maximum Gasteiger partial charge on any atom is 1.00 e. The second-order valence-corrected chi connectivity index (χ2v) is 4.10. The zero-order valence-corrected chi connectivity index (χ0v) is 16.0. The zero-order chi connectivity index (χ0) is 13.8. The van der Waals surface area contributed by atoms with Gasteiger partial charge in [0.2, 0.25) is 0 Å². The Morgan fingerprint density at radius 2 is 1.38 bits per heavy atom. The normalized spacial score (nSPS) is 9.33. The van der Waals surface area contributed by atoms with E-state index in [9.17, 15) is 19.8 Å². The summed E-state index contributed by atoms with van der Waals surface area (Å²) in [6, 6.07) is 12.6. The van der Waals surface area contributed by atoms with Gasteiger partial charge in [-0.25, -0.2) is 0 Å². The van der Waals surface area contributed by atoms with Crippen LogP contribution in [-0.4, -0.2) is 25.0 Å². The fourth-order valence-electron chi connectivity index (χ4n) is 2.02. The number of rotatable bonds is 5. The number of fused-ring (bicyclic) bond motifs is 1. The molecule has 2 rings (SSSR count). The van der Waals surface area contributed by atoms with Crippen molar-refractivity contribution >= 4 is 28.4 Å². The van der Waals surface area contributed by atoms with Crippen molar-refractivity contribution in [3.63, 3.8) is 0 Å². The molecule has 2 aromatic rings. The van der Waals surface area contributed by atoms with E-state index in [0.29, 0.717) is 5.69 Å². The van der Waals surface area contributed by atoms with Crippen LogP contribution in [0.4, 0.5) is 5.69 Å². The van der Waals surface area contributed by atoms with Crippen molar-refractivity contribution in [1.82, 2.24) is 0 Å². The van der Waals surface area contributed by atoms with Crippen molar-refractivity contribution in [3.05, 3.63) is 42.5 Å². The van der Waals surface area contributed by atoms with Gasteiger partial charge in [0.25, 0.3) is 0 Å². The van der Waals surface area contributed by atoms with Crippen molar-refractivity contribution in [2.45, 2.75) is 0 Å². The maximum absolute atomic E-state index is 10.7. The largest absolute Gasteiger partial charge is 1.00 e. The molecule has 0 saturated heterocycles. The summed E-state index contributed by atoms with van der Waals surface area (Å²) < 4.78 is 0. The van der Waals surface area contributed by atoms with Crippen LogP contribution >= 0.6 is 0 Å². The average Bonchev–Trinajstić information content (AvgIpc) is 2.36. The molecule has 0 aliphatic rings. The monoisotopic (exact) mass is 303 g/mol. The molecule has 2 aromatic carbocycles. The topological polar surface area (TPSA) is 83.5 Å². The predicted octanol–water partition coefficient (Wildman–Crippen LogP) is -6.85. The molecular formula is C14H11NNa2O4. The number of hydrogen-bond donors (Lipinski definition) is 0. The van der Waals surface area contributed by atoms with Gasteiger partial charge in [0.05, 0.1) is 25.0 Å². The molecule has 0 N–H and O–H groups in total. The van der Waals surface area contributed by atoms with Crippen molar-refractivity contribution in [3.8, 4) is 0 Å². The van der Waals surface area contributed by atoms with E-state index in [4.69, 9.17) is 0 Å². The van der Waals surface area contributed by atoms with Crippen molar-refractivity contribution < 1.29 is 78.9 Å². The SMILES string of the molecule is O=C([O-])CN(CC(=O)[O-])c1cccc2ccccc12.[Na+].[Na+].